The monoisotopic (exact) mass is 287 g/mol. The third-order valence-corrected chi connectivity index (χ3v) is 3.13. The molecule has 1 N–H and O–H groups in total. The van der Waals surface area contributed by atoms with Crippen molar-refractivity contribution in [2.24, 2.45) is 0 Å². The van der Waals surface area contributed by atoms with Crippen LogP contribution >= 0.6 is 0 Å². The average Bonchev–Trinajstić information content (AvgIpc) is 2.37. The second-order valence-corrected chi connectivity index (χ2v) is 4.94. The van der Waals surface area contributed by atoms with Gasteiger partial charge in [-0.3, -0.25) is 9.69 Å². The van der Waals surface area contributed by atoms with E-state index in [9.17, 15) is 9.59 Å². The molecule has 0 aliphatic heterocycles. The molecule has 1 heterocycles. The predicted molar refractivity (Wildman–Crippen MR) is 80.3 cm³/mol. The van der Waals surface area contributed by atoms with E-state index in [1.54, 1.807) is 17.0 Å². The van der Waals surface area contributed by atoms with E-state index < -0.39 is 11.6 Å². The van der Waals surface area contributed by atoms with E-state index in [0.717, 1.165) is 16.5 Å². The number of hydrogen-bond donors (Lipinski definition) is 1. The number of carbonyl (C=O) groups is 1. The Morgan fingerprint density at radius 1 is 1.43 bits per heavy atom. The van der Waals surface area contributed by atoms with Crippen molar-refractivity contribution in [3.63, 3.8) is 0 Å². The molecule has 0 aliphatic rings. The van der Waals surface area contributed by atoms with E-state index in [2.05, 4.69) is 6.58 Å². The fraction of sp³-hybridized carbons (Fsp3) is 0.250. The van der Waals surface area contributed by atoms with Gasteiger partial charge in [-0.05, 0) is 24.1 Å². The molecule has 0 spiro atoms. The van der Waals surface area contributed by atoms with Crippen LogP contribution in [0.15, 0.2) is 46.1 Å². The fourth-order valence-corrected chi connectivity index (χ4v) is 2.27. The lowest BCUT2D eigenvalue weighted by molar-refractivity contribution is -0.138. The summed E-state index contributed by atoms with van der Waals surface area (Å²) in [5.74, 6) is -0.917. The van der Waals surface area contributed by atoms with E-state index >= 15 is 0 Å². The summed E-state index contributed by atoms with van der Waals surface area (Å²) in [5.41, 5.74) is 1.84. The molecule has 21 heavy (non-hydrogen) atoms. The first-order valence-corrected chi connectivity index (χ1v) is 6.58. The maximum absolute atomic E-state index is 11.7. The first-order chi connectivity index (χ1) is 9.99. The summed E-state index contributed by atoms with van der Waals surface area (Å²) in [6.07, 6.45) is 1.64. The van der Waals surface area contributed by atoms with Gasteiger partial charge in [0.25, 0.3) is 0 Å². The molecule has 2 aromatic rings. The lowest BCUT2D eigenvalue weighted by Gasteiger charge is -2.19. The molecule has 5 nitrogen and oxygen atoms in total. The number of rotatable bonds is 6. The standard InChI is InChI=1S/C16H17NO4/c1-3-6-17(10-15(18)19)9-12-8-16(20)21-14-7-11(2)4-5-13(12)14/h3-5,7-8H,1,6,9-10H2,2H3,(H,18,19). The number of nitrogens with zero attached hydrogens (tertiary/aromatic N) is 1. The lowest BCUT2D eigenvalue weighted by atomic mass is 10.1. The number of aliphatic carboxylic acids is 1. The van der Waals surface area contributed by atoms with E-state index in [1.165, 1.54) is 6.07 Å². The Bertz CT molecular complexity index is 733. The Hall–Kier alpha value is -2.40. The van der Waals surface area contributed by atoms with Gasteiger partial charge < -0.3 is 9.52 Å². The third kappa shape index (κ3) is 3.79. The molecule has 0 radical (unpaired) electrons. The van der Waals surface area contributed by atoms with Gasteiger partial charge in [-0.1, -0.05) is 18.2 Å². The minimum Gasteiger partial charge on any atom is -0.480 e. The van der Waals surface area contributed by atoms with Gasteiger partial charge >= 0.3 is 11.6 Å². The van der Waals surface area contributed by atoms with Gasteiger partial charge in [0.15, 0.2) is 0 Å². The van der Waals surface area contributed by atoms with Crippen LogP contribution < -0.4 is 5.63 Å². The molecule has 1 aromatic heterocycles. The molecule has 0 amide bonds. The summed E-state index contributed by atoms with van der Waals surface area (Å²) in [7, 11) is 0. The van der Waals surface area contributed by atoms with Crippen molar-refractivity contribution in [3.05, 3.63) is 58.5 Å². The van der Waals surface area contributed by atoms with Crippen LogP contribution in [0, 0.1) is 6.92 Å². The molecule has 0 aliphatic carbocycles. The minimum absolute atomic E-state index is 0.112. The summed E-state index contributed by atoms with van der Waals surface area (Å²) in [5, 5.41) is 9.76. The summed E-state index contributed by atoms with van der Waals surface area (Å²) in [6, 6.07) is 7.03. The summed E-state index contributed by atoms with van der Waals surface area (Å²) < 4.78 is 5.20. The number of carboxylic acid groups (broad SMARTS) is 1. The number of benzene rings is 1. The highest BCUT2D eigenvalue weighted by molar-refractivity contribution is 5.80. The van der Waals surface area contributed by atoms with Gasteiger partial charge in [-0.15, -0.1) is 6.58 Å². The molecule has 110 valence electrons. The summed E-state index contributed by atoms with van der Waals surface area (Å²) in [4.78, 5) is 24.2. The van der Waals surface area contributed by atoms with Crippen molar-refractivity contribution in [1.29, 1.82) is 0 Å². The molecule has 1 aromatic carbocycles. The van der Waals surface area contributed by atoms with Gasteiger partial charge in [0.2, 0.25) is 0 Å². The van der Waals surface area contributed by atoms with Crippen LogP contribution in [0.1, 0.15) is 11.1 Å². The average molecular weight is 287 g/mol. The first kappa shape index (κ1) is 15.0. The van der Waals surface area contributed by atoms with E-state index in [4.69, 9.17) is 9.52 Å². The van der Waals surface area contributed by atoms with Crippen LogP contribution in [0.2, 0.25) is 0 Å². The molecule has 0 fully saturated rings. The van der Waals surface area contributed by atoms with Gasteiger partial charge in [-0.25, -0.2) is 4.79 Å². The van der Waals surface area contributed by atoms with E-state index in [1.807, 2.05) is 19.1 Å². The topological polar surface area (TPSA) is 70.8 Å². The summed E-state index contributed by atoms with van der Waals surface area (Å²) in [6.45, 7) is 6.21. The highest BCUT2D eigenvalue weighted by atomic mass is 16.4. The highest BCUT2D eigenvalue weighted by Crippen LogP contribution is 2.19. The first-order valence-electron chi connectivity index (χ1n) is 6.58. The van der Waals surface area contributed by atoms with Gasteiger partial charge in [0.1, 0.15) is 5.58 Å². The van der Waals surface area contributed by atoms with E-state index in [0.29, 0.717) is 18.7 Å². The number of aryl methyl sites for hydroxylation is 1. The van der Waals surface area contributed by atoms with Crippen molar-refractivity contribution in [3.8, 4) is 0 Å². The largest absolute Gasteiger partial charge is 0.480 e. The number of fused-ring (bicyclic) bond motifs is 1. The van der Waals surface area contributed by atoms with Crippen molar-refractivity contribution < 1.29 is 14.3 Å². The third-order valence-electron chi connectivity index (χ3n) is 3.13. The highest BCUT2D eigenvalue weighted by Gasteiger charge is 2.12. The Labute approximate surface area is 122 Å². The van der Waals surface area contributed by atoms with Crippen molar-refractivity contribution in [1.82, 2.24) is 4.90 Å². The molecule has 0 saturated carbocycles. The van der Waals surface area contributed by atoms with Gasteiger partial charge in [0.05, 0.1) is 6.54 Å². The SMILES string of the molecule is C=CCN(CC(=O)O)Cc1cc(=O)oc2cc(C)ccc12. The Balaban J connectivity index is 2.42. The van der Waals surface area contributed by atoms with Crippen LogP contribution in [-0.2, 0) is 11.3 Å². The van der Waals surface area contributed by atoms with Crippen LogP contribution in [-0.4, -0.2) is 29.1 Å². The molecule has 0 saturated heterocycles. The van der Waals surface area contributed by atoms with Crippen LogP contribution in [0.5, 0.6) is 0 Å². The van der Waals surface area contributed by atoms with Crippen molar-refractivity contribution in [2.45, 2.75) is 13.5 Å². The number of carboxylic acids is 1. The zero-order valence-electron chi connectivity index (χ0n) is 11.8. The van der Waals surface area contributed by atoms with Crippen molar-refractivity contribution in [2.75, 3.05) is 13.1 Å². The van der Waals surface area contributed by atoms with Crippen LogP contribution in [0.4, 0.5) is 0 Å². The molecule has 5 heteroatoms. The quantitative estimate of drug-likeness (QED) is 0.651. The lowest BCUT2D eigenvalue weighted by Crippen LogP contribution is -2.29. The van der Waals surface area contributed by atoms with Gasteiger partial charge in [-0.2, -0.15) is 0 Å². The number of hydrogen-bond acceptors (Lipinski definition) is 4. The van der Waals surface area contributed by atoms with Crippen molar-refractivity contribution >= 4 is 16.9 Å². The van der Waals surface area contributed by atoms with Crippen LogP contribution in [0.25, 0.3) is 11.0 Å². The fourth-order valence-electron chi connectivity index (χ4n) is 2.27. The van der Waals surface area contributed by atoms with Gasteiger partial charge in [0, 0.05) is 24.5 Å². The van der Waals surface area contributed by atoms with Crippen LogP contribution in [0.3, 0.4) is 0 Å². The second-order valence-electron chi connectivity index (χ2n) is 4.94. The molecular formula is C16H17NO4. The molecule has 0 unspecified atom stereocenters. The Morgan fingerprint density at radius 2 is 2.19 bits per heavy atom. The molecular weight excluding hydrogens is 270 g/mol. The minimum atomic E-state index is -0.917. The zero-order chi connectivity index (χ0) is 15.4. The Morgan fingerprint density at radius 3 is 2.86 bits per heavy atom. The molecule has 0 atom stereocenters. The second kappa shape index (κ2) is 6.37. The predicted octanol–water partition coefficient (Wildman–Crippen LogP) is 2.17. The maximum Gasteiger partial charge on any atom is 0.336 e. The maximum atomic E-state index is 11.7. The van der Waals surface area contributed by atoms with E-state index in [-0.39, 0.29) is 6.54 Å². The smallest absolute Gasteiger partial charge is 0.336 e. The molecule has 0 bridgehead atoms. The summed E-state index contributed by atoms with van der Waals surface area (Å²) >= 11 is 0. The normalized spacial score (nSPS) is 11.0. The molecule has 2 rings (SSSR count). The zero-order valence-corrected chi connectivity index (χ0v) is 11.8. The Kier molecular flexibility index (Phi) is 4.55.